The van der Waals surface area contributed by atoms with Crippen LogP contribution in [0.3, 0.4) is 0 Å². The first-order valence-electron chi connectivity index (χ1n) is 11.9. The molecule has 2 amide bonds. The predicted octanol–water partition coefficient (Wildman–Crippen LogP) is 4.94. The van der Waals surface area contributed by atoms with Crippen LogP contribution in [0.1, 0.15) is 43.7 Å². The van der Waals surface area contributed by atoms with Crippen molar-refractivity contribution in [1.29, 1.82) is 5.26 Å². The van der Waals surface area contributed by atoms with E-state index in [2.05, 4.69) is 72.3 Å². The van der Waals surface area contributed by atoms with Crippen LogP contribution in [-0.2, 0) is 5.54 Å². The second kappa shape index (κ2) is 9.85. The van der Waals surface area contributed by atoms with Crippen LogP contribution in [0.5, 0.6) is 0 Å². The lowest BCUT2D eigenvalue weighted by Gasteiger charge is -2.50. The summed E-state index contributed by atoms with van der Waals surface area (Å²) in [5.74, 6) is 0.533. The molecule has 1 aromatic heterocycles. The van der Waals surface area contributed by atoms with Crippen LogP contribution in [0.25, 0.3) is 11.4 Å². The maximum atomic E-state index is 12.5. The second-order valence-corrected chi connectivity index (χ2v) is 9.98. The van der Waals surface area contributed by atoms with Crippen molar-refractivity contribution in [2.75, 3.05) is 25.5 Å². The number of carbonyl (C=O) groups is 1. The first-order chi connectivity index (χ1) is 16.8. The van der Waals surface area contributed by atoms with Crippen LogP contribution in [0.2, 0.25) is 0 Å². The number of aromatic nitrogens is 2. The Balaban J connectivity index is 1.50. The molecule has 2 N–H and O–H groups in total. The minimum atomic E-state index is -0.506. The van der Waals surface area contributed by atoms with Crippen LogP contribution in [0.4, 0.5) is 10.5 Å². The Morgan fingerprint density at radius 1 is 1.00 bits per heavy atom. The normalized spacial score (nSPS) is 21.9. The molecule has 1 saturated carbocycles. The summed E-state index contributed by atoms with van der Waals surface area (Å²) in [6, 6.07) is 19.4. The molecule has 0 unspecified atom stereocenters. The number of urea groups is 1. The zero-order chi connectivity index (χ0) is 25.1. The number of rotatable bonds is 6. The van der Waals surface area contributed by atoms with E-state index < -0.39 is 6.03 Å². The molecule has 7 nitrogen and oxygen atoms in total. The summed E-state index contributed by atoms with van der Waals surface area (Å²) in [7, 11) is 4.30. The van der Waals surface area contributed by atoms with Gasteiger partial charge in [-0.25, -0.2) is 14.8 Å². The Morgan fingerprint density at radius 3 is 2.11 bits per heavy atom. The highest BCUT2D eigenvalue weighted by Gasteiger charge is 2.44. The molecule has 1 aliphatic carbocycles. The summed E-state index contributed by atoms with van der Waals surface area (Å²) in [6.45, 7) is 2.75. The molecule has 0 atom stereocenters. The van der Waals surface area contributed by atoms with Gasteiger partial charge in [0.15, 0.2) is 5.82 Å². The van der Waals surface area contributed by atoms with E-state index in [1.807, 2.05) is 12.1 Å². The number of nitriles is 1. The molecule has 1 heterocycles. The van der Waals surface area contributed by atoms with Gasteiger partial charge in [0.2, 0.25) is 0 Å². The molecule has 0 saturated heterocycles. The quantitative estimate of drug-likeness (QED) is 0.552. The second-order valence-electron chi connectivity index (χ2n) is 9.98. The van der Waals surface area contributed by atoms with Crippen LogP contribution in [0, 0.1) is 16.7 Å². The maximum absolute atomic E-state index is 12.5. The largest absolute Gasteiger partial charge is 0.351 e. The zero-order valence-corrected chi connectivity index (χ0v) is 20.6. The van der Waals surface area contributed by atoms with Gasteiger partial charge in [-0.05, 0) is 75.0 Å². The minimum Gasteiger partial charge on any atom is -0.351 e. The lowest BCUT2D eigenvalue weighted by Crippen LogP contribution is -2.50. The van der Waals surface area contributed by atoms with E-state index in [4.69, 9.17) is 11.0 Å². The number of carbonyl (C=O) groups excluding carboxylic acids is 1. The van der Waals surface area contributed by atoms with Crippen LogP contribution >= 0.6 is 0 Å². The zero-order valence-electron chi connectivity index (χ0n) is 20.6. The smallest absolute Gasteiger partial charge is 0.319 e. The number of primary amides is 1. The van der Waals surface area contributed by atoms with Gasteiger partial charge in [0.05, 0.1) is 29.7 Å². The van der Waals surface area contributed by atoms with E-state index in [1.54, 1.807) is 29.4 Å². The predicted molar refractivity (Wildman–Crippen MR) is 137 cm³/mol. The minimum absolute atomic E-state index is 0.00974. The highest BCUT2D eigenvalue weighted by Crippen LogP contribution is 2.48. The van der Waals surface area contributed by atoms with Gasteiger partial charge in [-0.15, -0.1) is 0 Å². The van der Waals surface area contributed by atoms with Gasteiger partial charge in [0, 0.05) is 17.6 Å². The average Bonchev–Trinajstić information content (AvgIpc) is 2.88. The number of anilines is 1. The molecule has 4 rings (SSSR count). The molecule has 7 heteroatoms. The fourth-order valence-electron chi connectivity index (χ4n) is 5.15. The number of hydrogen-bond donors (Lipinski definition) is 1. The monoisotopic (exact) mass is 468 g/mol. The third-order valence-electron chi connectivity index (χ3n) is 7.48. The van der Waals surface area contributed by atoms with Crippen LogP contribution < -0.4 is 10.6 Å². The van der Waals surface area contributed by atoms with E-state index >= 15 is 0 Å². The molecular weight excluding hydrogens is 436 g/mol. The van der Waals surface area contributed by atoms with E-state index in [0.29, 0.717) is 23.6 Å². The van der Waals surface area contributed by atoms with E-state index in [0.717, 1.165) is 31.2 Å². The highest BCUT2D eigenvalue weighted by molar-refractivity contribution is 5.90. The molecule has 0 bridgehead atoms. The van der Waals surface area contributed by atoms with E-state index in [9.17, 15) is 4.79 Å². The standard InChI is InChI=1S/C28H32N6O/c1-27(13-15-28(16-14-27,33(2)3)23-7-5-4-6-8-23)20-34(26(30)35)24-18-31-25(32-19-24)22-11-9-21(17-29)10-12-22/h4-12,18-19H,13-16,20H2,1-3H3,(H2,30,35). The fraction of sp³-hybridized carbons (Fsp3) is 0.357. The molecule has 0 aliphatic heterocycles. The van der Waals surface area contributed by atoms with Gasteiger partial charge in [-0.1, -0.05) is 37.3 Å². The molecule has 0 radical (unpaired) electrons. The third kappa shape index (κ3) is 5.03. The van der Waals surface area contributed by atoms with Crippen molar-refractivity contribution in [3.63, 3.8) is 0 Å². The molecule has 1 fully saturated rings. The van der Waals surface area contributed by atoms with Gasteiger partial charge in [-0.3, -0.25) is 9.80 Å². The van der Waals surface area contributed by atoms with Gasteiger partial charge in [0.25, 0.3) is 0 Å². The summed E-state index contributed by atoms with van der Waals surface area (Å²) in [4.78, 5) is 25.3. The summed E-state index contributed by atoms with van der Waals surface area (Å²) in [6.07, 6.45) is 7.22. The number of nitrogens with two attached hydrogens (primary N) is 1. The number of amides is 2. The van der Waals surface area contributed by atoms with E-state index in [1.165, 1.54) is 5.56 Å². The van der Waals surface area contributed by atoms with E-state index in [-0.39, 0.29) is 11.0 Å². The molecule has 35 heavy (non-hydrogen) atoms. The summed E-state index contributed by atoms with van der Waals surface area (Å²) in [5, 5.41) is 8.98. The van der Waals surface area contributed by atoms with Gasteiger partial charge >= 0.3 is 6.03 Å². The lowest BCUT2D eigenvalue weighted by molar-refractivity contribution is 0.0459. The first-order valence-corrected chi connectivity index (χ1v) is 11.9. The van der Waals surface area contributed by atoms with Gasteiger partial charge in [-0.2, -0.15) is 5.26 Å². The molecule has 0 spiro atoms. The third-order valence-corrected chi connectivity index (χ3v) is 7.48. The van der Waals surface area contributed by atoms with Crippen molar-refractivity contribution in [2.45, 2.75) is 38.1 Å². The Morgan fingerprint density at radius 2 is 1.60 bits per heavy atom. The van der Waals surface area contributed by atoms with Crippen LogP contribution in [0.15, 0.2) is 67.0 Å². The van der Waals surface area contributed by atoms with Gasteiger partial charge in [0.1, 0.15) is 0 Å². The number of hydrogen-bond acceptors (Lipinski definition) is 5. The molecular formula is C28H32N6O. The number of nitrogens with zero attached hydrogens (tertiary/aromatic N) is 5. The van der Waals surface area contributed by atoms with Crippen molar-refractivity contribution in [3.05, 3.63) is 78.1 Å². The summed E-state index contributed by atoms with van der Waals surface area (Å²) in [5.41, 5.74) is 9.04. The average molecular weight is 469 g/mol. The Hall–Kier alpha value is -3.76. The Bertz CT molecular complexity index is 1190. The maximum Gasteiger partial charge on any atom is 0.319 e. The van der Waals surface area contributed by atoms with Crippen molar-refractivity contribution >= 4 is 11.7 Å². The highest BCUT2D eigenvalue weighted by atomic mass is 16.2. The lowest BCUT2D eigenvalue weighted by atomic mass is 9.65. The summed E-state index contributed by atoms with van der Waals surface area (Å²) >= 11 is 0. The van der Waals surface area contributed by atoms with Gasteiger partial charge < -0.3 is 5.73 Å². The summed E-state index contributed by atoms with van der Waals surface area (Å²) < 4.78 is 0. The van der Waals surface area contributed by atoms with Crippen molar-refractivity contribution < 1.29 is 4.79 Å². The van der Waals surface area contributed by atoms with Crippen molar-refractivity contribution in [3.8, 4) is 17.5 Å². The topological polar surface area (TPSA) is 99.1 Å². The first kappa shape index (κ1) is 24.4. The SMILES string of the molecule is CN(C)C1(c2ccccc2)CCC(C)(CN(C(N)=O)c2cnc(-c3ccc(C#N)cc3)nc2)CC1. The van der Waals surface area contributed by atoms with Crippen LogP contribution in [-0.4, -0.2) is 41.5 Å². The molecule has 180 valence electrons. The molecule has 2 aromatic carbocycles. The molecule has 1 aliphatic rings. The fourth-order valence-corrected chi connectivity index (χ4v) is 5.15. The number of benzene rings is 2. The Labute approximate surface area is 207 Å². The Kier molecular flexibility index (Phi) is 6.86. The van der Waals surface area contributed by atoms with Crippen molar-refractivity contribution in [1.82, 2.24) is 14.9 Å². The van der Waals surface area contributed by atoms with Crippen molar-refractivity contribution in [2.24, 2.45) is 11.1 Å². The molecule has 3 aromatic rings.